The molecule has 0 aliphatic heterocycles. The molecule has 0 saturated carbocycles. The predicted molar refractivity (Wildman–Crippen MR) is 52.6 cm³/mol. The van der Waals surface area contributed by atoms with Gasteiger partial charge in [0.2, 0.25) is 0 Å². The number of nitrogens with one attached hydrogen (secondary N) is 1. The van der Waals surface area contributed by atoms with Crippen LogP contribution in [0.4, 0.5) is 0 Å². The fourth-order valence-electron chi connectivity index (χ4n) is 0.717. The van der Waals surface area contributed by atoms with Crippen LogP contribution >= 0.6 is 11.6 Å². The molecule has 0 saturated heterocycles. The van der Waals surface area contributed by atoms with Crippen LogP contribution in [0, 0.1) is 0 Å². The Hall–Kier alpha value is -0.340. The van der Waals surface area contributed by atoms with Gasteiger partial charge in [0, 0.05) is 18.2 Å². The summed E-state index contributed by atoms with van der Waals surface area (Å²) in [5.74, 6) is 0.301. The van der Waals surface area contributed by atoms with Crippen molar-refractivity contribution in [3.05, 3.63) is 11.1 Å². The van der Waals surface area contributed by atoms with Gasteiger partial charge in [-0.1, -0.05) is 19.4 Å². The normalized spacial score (nSPS) is 13.1. The van der Waals surface area contributed by atoms with E-state index in [0.29, 0.717) is 17.5 Å². The first-order valence-electron chi connectivity index (χ1n) is 4.05. The van der Waals surface area contributed by atoms with Crippen LogP contribution in [0.5, 0.6) is 0 Å². The first-order valence-corrected chi connectivity index (χ1v) is 4.58. The molecule has 0 radical (unpaired) electrons. The number of carbonyl (C=O) groups is 1. The number of carbonyl (C=O) groups excluding carboxylic acids is 1. The molecule has 3 heteroatoms. The highest BCUT2D eigenvalue weighted by molar-refractivity contribution is 6.21. The van der Waals surface area contributed by atoms with Crippen LogP contribution in [0.15, 0.2) is 11.1 Å². The lowest BCUT2D eigenvalue weighted by atomic mass is 10.1. The maximum Gasteiger partial charge on any atom is 0.147 e. The number of allylic oxidation sites excluding steroid dienone is 1. The van der Waals surface area contributed by atoms with Gasteiger partial charge in [0.25, 0.3) is 0 Å². The highest BCUT2D eigenvalue weighted by Gasteiger charge is 2.00. The SMILES string of the molecule is C/C(CNC(C)C)=C(/C=O)CCl. The van der Waals surface area contributed by atoms with Crippen molar-refractivity contribution in [2.75, 3.05) is 12.4 Å². The third-order valence-electron chi connectivity index (χ3n) is 1.61. The quantitative estimate of drug-likeness (QED) is 0.406. The van der Waals surface area contributed by atoms with E-state index in [4.69, 9.17) is 11.6 Å². The predicted octanol–water partition coefficient (Wildman–Crippen LogP) is 1.74. The van der Waals surface area contributed by atoms with Crippen molar-refractivity contribution >= 4 is 17.9 Å². The van der Waals surface area contributed by atoms with Crippen molar-refractivity contribution in [3.63, 3.8) is 0 Å². The summed E-state index contributed by atoms with van der Waals surface area (Å²) in [5, 5.41) is 3.22. The molecule has 12 heavy (non-hydrogen) atoms. The zero-order chi connectivity index (χ0) is 9.56. The molecule has 0 aromatic carbocycles. The maximum atomic E-state index is 10.5. The summed E-state index contributed by atoms with van der Waals surface area (Å²) < 4.78 is 0. The fraction of sp³-hybridized carbons (Fsp3) is 0.667. The second-order valence-corrected chi connectivity index (χ2v) is 3.36. The van der Waals surface area contributed by atoms with Crippen molar-refractivity contribution in [1.82, 2.24) is 5.32 Å². The molecule has 0 aromatic rings. The van der Waals surface area contributed by atoms with Crippen LogP contribution in [-0.2, 0) is 4.79 Å². The lowest BCUT2D eigenvalue weighted by molar-refractivity contribution is -0.104. The lowest BCUT2D eigenvalue weighted by Gasteiger charge is -2.09. The molecule has 70 valence electrons. The van der Waals surface area contributed by atoms with E-state index in [-0.39, 0.29) is 0 Å². The fourth-order valence-corrected chi connectivity index (χ4v) is 1.01. The van der Waals surface area contributed by atoms with Gasteiger partial charge in [0.1, 0.15) is 6.29 Å². The van der Waals surface area contributed by atoms with E-state index in [0.717, 1.165) is 18.4 Å². The first kappa shape index (κ1) is 11.7. The average molecular weight is 190 g/mol. The molecule has 0 aliphatic rings. The third kappa shape index (κ3) is 4.52. The first-order chi connectivity index (χ1) is 5.61. The van der Waals surface area contributed by atoms with Crippen LogP contribution in [0.3, 0.4) is 0 Å². The Balaban J connectivity index is 4.05. The molecule has 0 unspecified atom stereocenters. The van der Waals surface area contributed by atoms with E-state index in [2.05, 4.69) is 19.2 Å². The summed E-state index contributed by atoms with van der Waals surface area (Å²) in [6.45, 7) is 6.78. The summed E-state index contributed by atoms with van der Waals surface area (Å²) in [4.78, 5) is 10.5. The van der Waals surface area contributed by atoms with Gasteiger partial charge in [-0.3, -0.25) is 4.79 Å². The molecule has 0 bridgehead atoms. The topological polar surface area (TPSA) is 29.1 Å². The number of aldehydes is 1. The zero-order valence-corrected chi connectivity index (χ0v) is 8.61. The van der Waals surface area contributed by atoms with Crippen molar-refractivity contribution in [3.8, 4) is 0 Å². The molecule has 0 amide bonds. The van der Waals surface area contributed by atoms with Crippen molar-refractivity contribution in [2.24, 2.45) is 0 Å². The molecule has 0 aromatic heterocycles. The molecule has 0 atom stereocenters. The molecule has 0 rings (SSSR count). The Morgan fingerprint density at radius 2 is 2.17 bits per heavy atom. The Labute approximate surface area is 79.0 Å². The van der Waals surface area contributed by atoms with E-state index in [1.807, 2.05) is 6.92 Å². The van der Waals surface area contributed by atoms with Gasteiger partial charge in [-0.25, -0.2) is 0 Å². The summed E-state index contributed by atoms with van der Waals surface area (Å²) in [6, 6.07) is 0.433. The number of hydrogen-bond acceptors (Lipinski definition) is 2. The van der Waals surface area contributed by atoms with Gasteiger partial charge < -0.3 is 5.32 Å². The molecule has 0 aliphatic carbocycles. The maximum absolute atomic E-state index is 10.5. The third-order valence-corrected chi connectivity index (χ3v) is 1.90. The van der Waals surface area contributed by atoms with Gasteiger partial charge >= 0.3 is 0 Å². The summed E-state index contributed by atoms with van der Waals surface area (Å²) in [6.07, 6.45) is 0.824. The van der Waals surface area contributed by atoms with Gasteiger partial charge in [-0.15, -0.1) is 11.6 Å². The molecule has 0 fully saturated rings. The van der Waals surface area contributed by atoms with E-state index >= 15 is 0 Å². The number of halogens is 1. The van der Waals surface area contributed by atoms with Crippen LogP contribution in [-0.4, -0.2) is 24.8 Å². The van der Waals surface area contributed by atoms with Crippen LogP contribution < -0.4 is 5.32 Å². The van der Waals surface area contributed by atoms with E-state index in [1.165, 1.54) is 0 Å². The summed E-state index contributed by atoms with van der Waals surface area (Å²) in [5.41, 5.74) is 1.71. The van der Waals surface area contributed by atoms with Crippen molar-refractivity contribution < 1.29 is 4.79 Å². The minimum Gasteiger partial charge on any atom is -0.311 e. The average Bonchev–Trinajstić information content (AvgIpc) is 2.03. The van der Waals surface area contributed by atoms with Gasteiger partial charge in [0.05, 0.1) is 5.88 Å². The van der Waals surface area contributed by atoms with Crippen molar-refractivity contribution in [1.29, 1.82) is 0 Å². The molecule has 0 spiro atoms. The van der Waals surface area contributed by atoms with Crippen LogP contribution in [0.25, 0.3) is 0 Å². The highest BCUT2D eigenvalue weighted by Crippen LogP contribution is 2.02. The van der Waals surface area contributed by atoms with E-state index in [1.54, 1.807) is 0 Å². The molecular formula is C9H16ClNO. The van der Waals surface area contributed by atoms with Gasteiger partial charge in [0.15, 0.2) is 0 Å². The second-order valence-electron chi connectivity index (χ2n) is 3.09. The number of alkyl halides is 1. The lowest BCUT2D eigenvalue weighted by Crippen LogP contribution is -2.25. The van der Waals surface area contributed by atoms with Gasteiger partial charge in [-0.2, -0.15) is 0 Å². The largest absolute Gasteiger partial charge is 0.311 e. The van der Waals surface area contributed by atoms with Crippen LogP contribution in [0.1, 0.15) is 20.8 Å². The van der Waals surface area contributed by atoms with Crippen LogP contribution in [0.2, 0.25) is 0 Å². The Kier molecular flexibility index (Phi) is 6.03. The zero-order valence-electron chi connectivity index (χ0n) is 7.86. The summed E-state index contributed by atoms with van der Waals surface area (Å²) >= 11 is 5.56. The number of hydrogen-bond donors (Lipinski definition) is 1. The molecule has 1 N–H and O–H groups in total. The molecular weight excluding hydrogens is 174 g/mol. The van der Waals surface area contributed by atoms with Crippen molar-refractivity contribution in [2.45, 2.75) is 26.8 Å². The second kappa shape index (κ2) is 6.21. The Morgan fingerprint density at radius 1 is 1.58 bits per heavy atom. The minimum absolute atomic E-state index is 0.301. The smallest absolute Gasteiger partial charge is 0.147 e. The molecule has 2 nitrogen and oxygen atoms in total. The van der Waals surface area contributed by atoms with Gasteiger partial charge in [-0.05, 0) is 6.92 Å². The molecule has 0 heterocycles. The minimum atomic E-state index is 0.301. The van der Waals surface area contributed by atoms with E-state index in [9.17, 15) is 4.79 Å². The van der Waals surface area contributed by atoms with E-state index < -0.39 is 0 Å². The Morgan fingerprint density at radius 3 is 2.50 bits per heavy atom. The highest BCUT2D eigenvalue weighted by atomic mass is 35.5. The summed E-state index contributed by atoms with van der Waals surface area (Å²) in [7, 11) is 0. The number of rotatable bonds is 5. The standard InChI is InChI=1S/C9H16ClNO/c1-7(2)11-5-8(3)9(4-10)6-12/h6-7,11H,4-5H2,1-3H3/b9-8-. The Bertz CT molecular complexity index is 175. The monoisotopic (exact) mass is 189 g/mol.